The van der Waals surface area contributed by atoms with Crippen LogP contribution in [0.25, 0.3) is 33.9 Å². The van der Waals surface area contributed by atoms with Gasteiger partial charge in [-0.15, -0.1) is 0 Å². The number of rotatable bonds is 3. The fraction of sp³-hybridized carbons (Fsp3) is 0.111. The van der Waals surface area contributed by atoms with E-state index in [4.69, 9.17) is 4.52 Å². The molecule has 2 heterocycles. The number of nitrogens with zero attached hydrogens (tertiary/aromatic N) is 3. The zero-order valence-corrected chi connectivity index (χ0v) is 13.7. The lowest BCUT2D eigenvalue weighted by molar-refractivity contribution is 0.432. The maximum absolute atomic E-state index is 13.0. The number of hydrogen-bond acceptors (Lipinski definition) is 5. The Bertz CT molecular complexity index is 1220. The van der Waals surface area contributed by atoms with Crippen molar-refractivity contribution in [2.24, 2.45) is 0 Å². The second-order valence-electron chi connectivity index (χ2n) is 5.67. The molecule has 7 nitrogen and oxygen atoms in total. The average molecular weight is 352 g/mol. The Morgan fingerprint density at radius 2 is 1.85 bits per heavy atom. The van der Waals surface area contributed by atoms with Gasteiger partial charge < -0.3 is 14.1 Å². The fourth-order valence-electron chi connectivity index (χ4n) is 2.78. The van der Waals surface area contributed by atoms with Crippen LogP contribution < -0.4 is 11.1 Å². The molecule has 0 aliphatic carbocycles. The first-order valence-electron chi connectivity index (χ1n) is 7.93. The van der Waals surface area contributed by atoms with Crippen molar-refractivity contribution in [2.75, 3.05) is 0 Å². The van der Waals surface area contributed by atoms with Crippen LogP contribution in [0.4, 0.5) is 4.39 Å². The van der Waals surface area contributed by atoms with Crippen molar-refractivity contribution in [3.05, 3.63) is 69.0 Å². The van der Waals surface area contributed by atoms with E-state index in [0.717, 1.165) is 0 Å². The summed E-state index contributed by atoms with van der Waals surface area (Å²) in [5, 5.41) is 3.93. The van der Waals surface area contributed by atoms with Gasteiger partial charge in [0.25, 0.3) is 5.89 Å². The van der Waals surface area contributed by atoms with E-state index in [2.05, 4.69) is 15.1 Å². The maximum Gasteiger partial charge on any atom is 0.316 e. The molecule has 0 fully saturated rings. The van der Waals surface area contributed by atoms with Crippen LogP contribution in [-0.4, -0.2) is 19.7 Å². The van der Waals surface area contributed by atoms with Gasteiger partial charge in [-0.05, 0) is 49.4 Å². The number of benzene rings is 2. The Morgan fingerprint density at radius 1 is 1.12 bits per heavy atom. The molecule has 0 saturated heterocycles. The summed E-state index contributed by atoms with van der Waals surface area (Å²) in [5.41, 5.74) is 1.05. The lowest BCUT2D eigenvalue weighted by Crippen LogP contribution is -2.35. The number of H-pyrrole nitrogens is 1. The van der Waals surface area contributed by atoms with Crippen LogP contribution in [0, 0.1) is 5.82 Å². The molecule has 2 aromatic heterocycles. The normalized spacial score (nSPS) is 11.2. The molecule has 26 heavy (non-hydrogen) atoms. The van der Waals surface area contributed by atoms with Crippen molar-refractivity contribution in [3.63, 3.8) is 0 Å². The van der Waals surface area contributed by atoms with E-state index < -0.39 is 11.1 Å². The van der Waals surface area contributed by atoms with Crippen LogP contribution in [0.3, 0.4) is 0 Å². The molecule has 2 aromatic carbocycles. The summed E-state index contributed by atoms with van der Waals surface area (Å²) >= 11 is 0. The van der Waals surface area contributed by atoms with Gasteiger partial charge in [-0.2, -0.15) is 4.98 Å². The molecular formula is C18H13FN4O3. The largest absolute Gasteiger partial charge is 0.334 e. The summed E-state index contributed by atoms with van der Waals surface area (Å²) in [4.78, 5) is 30.6. The Kier molecular flexibility index (Phi) is 3.72. The second kappa shape index (κ2) is 6.07. The summed E-state index contributed by atoms with van der Waals surface area (Å²) in [6.07, 6.45) is 0. The number of hydrogen-bond donors (Lipinski definition) is 1. The lowest BCUT2D eigenvalue weighted by atomic mass is 10.1. The minimum Gasteiger partial charge on any atom is -0.334 e. The molecule has 0 spiro atoms. The first kappa shape index (κ1) is 15.9. The molecule has 0 saturated carbocycles. The van der Waals surface area contributed by atoms with E-state index in [1.165, 1.54) is 16.7 Å². The van der Waals surface area contributed by atoms with E-state index in [0.29, 0.717) is 34.5 Å². The molecule has 4 rings (SSSR count). The average Bonchev–Trinajstić information content (AvgIpc) is 3.13. The molecule has 4 aromatic rings. The summed E-state index contributed by atoms with van der Waals surface area (Å²) in [7, 11) is 0. The third kappa shape index (κ3) is 2.61. The van der Waals surface area contributed by atoms with Crippen molar-refractivity contribution in [2.45, 2.75) is 13.5 Å². The number of aryl methyl sites for hydroxylation is 1. The van der Waals surface area contributed by atoms with Gasteiger partial charge in [-0.1, -0.05) is 5.16 Å². The smallest absolute Gasteiger partial charge is 0.316 e. The molecule has 0 amide bonds. The Balaban J connectivity index is 1.80. The minimum atomic E-state index is -0.684. The van der Waals surface area contributed by atoms with Crippen molar-refractivity contribution in [3.8, 4) is 22.8 Å². The minimum absolute atomic E-state index is 0.257. The predicted octanol–water partition coefficient (Wildman–Crippen LogP) is 2.57. The van der Waals surface area contributed by atoms with Crippen molar-refractivity contribution >= 4 is 11.0 Å². The third-order valence-electron chi connectivity index (χ3n) is 4.07. The molecule has 0 bridgehead atoms. The van der Waals surface area contributed by atoms with Crippen molar-refractivity contribution < 1.29 is 8.91 Å². The van der Waals surface area contributed by atoms with Crippen LogP contribution in [0.2, 0.25) is 0 Å². The van der Waals surface area contributed by atoms with Crippen LogP contribution in [0.5, 0.6) is 0 Å². The van der Waals surface area contributed by atoms with Gasteiger partial charge in [-0.25, -0.2) is 4.39 Å². The first-order chi connectivity index (χ1) is 12.6. The number of nitrogens with one attached hydrogen (secondary N) is 1. The van der Waals surface area contributed by atoms with E-state index in [1.807, 2.05) is 0 Å². The van der Waals surface area contributed by atoms with Gasteiger partial charge in [0.2, 0.25) is 5.82 Å². The van der Waals surface area contributed by atoms with Gasteiger partial charge in [-0.3, -0.25) is 9.59 Å². The van der Waals surface area contributed by atoms with Gasteiger partial charge >= 0.3 is 11.1 Å². The Hall–Kier alpha value is -3.55. The quantitative estimate of drug-likeness (QED) is 0.572. The van der Waals surface area contributed by atoms with Crippen LogP contribution >= 0.6 is 0 Å². The molecule has 1 N–H and O–H groups in total. The zero-order valence-electron chi connectivity index (χ0n) is 13.7. The van der Waals surface area contributed by atoms with Gasteiger partial charge in [0.1, 0.15) is 5.82 Å². The standard InChI is InChI=1S/C18H13FN4O3/c1-2-23-14-8-5-11(9-13(14)20-16(24)18(23)25)15-21-17(26-22-15)10-3-6-12(19)7-4-10/h3-9H,2H2,1H3,(H,20,24). The highest BCUT2D eigenvalue weighted by Crippen LogP contribution is 2.24. The highest BCUT2D eigenvalue weighted by atomic mass is 19.1. The molecule has 0 radical (unpaired) electrons. The van der Waals surface area contributed by atoms with E-state index >= 15 is 0 Å². The van der Waals surface area contributed by atoms with Gasteiger partial charge in [0.05, 0.1) is 11.0 Å². The SMILES string of the molecule is CCn1c(=O)c(=O)[nH]c2cc(-c3noc(-c4ccc(F)cc4)n3)ccc21. The second-order valence-corrected chi connectivity index (χ2v) is 5.67. The van der Waals surface area contributed by atoms with E-state index in [1.54, 1.807) is 37.3 Å². The molecular weight excluding hydrogens is 339 g/mol. The highest BCUT2D eigenvalue weighted by Gasteiger charge is 2.13. The van der Waals surface area contributed by atoms with E-state index in [-0.39, 0.29) is 11.7 Å². The van der Waals surface area contributed by atoms with Crippen molar-refractivity contribution in [1.29, 1.82) is 0 Å². The Labute approximate surface area is 145 Å². The molecule has 0 aliphatic rings. The monoisotopic (exact) mass is 352 g/mol. The maximum atomic E-state index is 13.0. The summed E-state index contributed by atoms with van der Waals surface area (Å²) in [6.45, 7) is 2.18. The predicted molar refractivity (Wildman–Crippen MR) is 93.2 cm³/mol. The van der Waals surface area contributed by atoms with Crippen LogP contribution in [0.1, 0.15) is 6.92 Å². The number of aromatic amines is 1. The molecule has 0 atom stereocenters. The van der Waals surface area contributed by atoms with E-state index in [9.17, 15) is 14.0 Å². The summed E-state index contributed by atoms with van der Waals surface area (Å²) < 4.78 is 19.7. The first-order valence-corrected chi connectivity index (χ1v) is 7.93. The summed E-state index contributed by atoms with van der Waals surface area (Å²) in [5.74, 6) is 0.224. The lowest BCUT2D eigenvalue weighted by Gasteiger charge is -2.07. The molecule has 130 valence electrons. The zero-order chi connectivity index (χ0) is 18.3. The van der Waals surface area contributed by atoms with Crippen LogP contribution in [-0.2, 0) is 6.54 Å². The van der Waals surface area contributed by atoms with Crippen molar-refractivity contribution in [1.82, 2.24) is 19.7 Å². The third-order valence-corrected chi connectivity index (χ3v) is 4.07. The van der Waals surface area contributed by atoms with Crippen LogP contribution in [0.15, 0.2) is 56.6 Å². The fourth-order valence-corrected chi connectivity index (χ4v) is 2.78. The number of fused-ring (bicyclic) bond motifs is 1. The number of aromatic nitrogens is 4. The summed E-state index contributed by atoms with van der Waals surface area (Å²) in [6, 6.07) is 10.9. The van der Waals surface area contributed by atoms with Gasteiger partial charge in [0, 0.05) is 17.7 Å². The highest BCUT2D eigenvalue weighted by molar-refractivity contribution is 5.80. The number of halogens is 1. The molecule has 8 heteroatoms. The van der Waals surface area contributed by atoms with Gasteiger partial charge in [0.15, 0.2) is 0 Å². The molecule has 0 unspecified atom stereocenters. The molecule has 0 aliphatic heterocycles. The Morgan fingerprint density at radius 3 is 2.58 bits per heavy atom. The topological polar surface area (TPSA) is 93.8 Å².